The number of benzene rings is 3. The Morgan fingerprint density at radius 1 is 1.00 bits per heavy atom. The van der Waals surface area contributed by atoms with Crippen LogP contribution in [-0.2, 0) is 4.79 Å². The molecule has 0 N–H and O–H groups in total. The van der Waals surface area contributed by atoms with E-state index in [9.17, 15) is 4.79 Å². The Kier molecular flexibility index (Phi) is 5.77. The van der Waals surface area contributed by atoms with Gasteiger partial charge in [-0.3, -0.25) is 9.69 Å². The molecule has 0 radical (unpaired) electrons. The van der Waals surface area contributed by atoms with Gasteiger partial charge in [-0.25, -0.2) is 4.99 Å². The Morgan fingerprint density at radius 2 is 1.77 bits per heavy atom. The summed E-state index contributed by atoms with van der Waals surface area (Å²) in [5, 5.41) is 2.81. The molecule has 3 aromatic rings. The summed E-state index contributed by atoms with van der Waals surface area (Å²) in [6, 6.07) is 19.5. The molecule has 6 heteroatoms. The monoisotopic (exact) mass is 418 g/mol. The van der Waals surface area contributed by atoms with Crippen LogP contribution in [0, 0.1) is 0 Å². The summed E-state index contributed by atoms with van der Waals surface area (Å²) in [5.41, 5.74) is 1.67. The zero-order valence-electron chi connectivity index (χ0n) is 17.1. The second kappa shape index (κ2) is 8.63. The van der Waals surface area contributed by atoms with Crippen molar-refractivity contribution in [1.29, 1.82) is 0 Å². The van der Waals surface area contributed by atoms with Crippen molar-refractivity contribution in [3.8, 4) is 11.5 Å². The molecular formula is C24H22N2O3S. The fourth-order valence-corrected chi connectivity index (χ4v) is 4.42. The summed E-state index contributed by atoms with van der Waals surface area (Å²) in [7, 11) is 3.27. The zero-order valence-corrected chi connectivity index (χ0v) is 17.9. The van der Waals surface area contributed by atoms with Crippen molar-refractivity contribution >= 4 is 45.4 Å². The van der Waals surface area contributed by atoms with Crippen LogP contribution in [0.3, 0.4) is 0 Å². The molecule has 0 saturated carbocycles. The summed E-state index contributed by atoms with van der Waals surface area (Å²) in [6.45, 7) is 2.49. The first-order valence-corrected chi connectivity index (χ1v) is 10.5. The van der Waals surface area contributed by atoms with E-state index in [1.54, 1.807) is 19.1 Å². The second-order valence-corrected chi connectivity index (χ2v) is 7.66. The Bertz CT molecular complexity index is 1150. The normalized spacial score (nSPS) is 16.6. The van der Waals surface area contributed by atoms with E-state index in [0.717, 1.165) is 33.5 Å². The van der Waals surface area contributed by atoms with E-state index in [1.807, 2.05) is 67.6 Å². The largest absolute Gasteiger partial charge is 0.497 e. The predicted octanol–water partition coefficient (Wildman–Crippen LogP) is 5.48. The molecule has 0 bridgehead atoms. The Balaban J connectivity index is 1.75. The lowest BCUT2D eigenvalue weighted by Crippen LogP contribution is -2.28. The van der Waals surface area contributed by atoms with E-state index in [-0.39, 0.29) is 5.91 Å². The number of methoxy groups -OCH3 is 2. The highest BCUT2D eigenvalue weighted by molar-refractivity contribution is 8.18. The molecule has 1 amide bonds. The van der Waals surface area contributed by atoms with Crippen molar-refractivity contribution in [3.63, 3.8) is 0 Å². The van der Waals surface area contributed by atoms with Gasteiger partial charge >= 0.3 is 0 Å². The zero-order chi connectivity index (χ0) is 21.1. The van der Waals surface area contributed by atoms with Crippen molar-refractivity contribution in [2.45, 2.75) is 6.92 Å². The van der Waals surface area contributed by atoms with Crippen molar-refractivity contribution in [2.75, 3.05) is 20.8 Å². The molecule has 1 fully saturated rings. The quantitative estimate of drug-likeness (QED) is 0.515. The van der Waals surface area contributed by atoms with Crippen LogP contribution in [0.4, 0.5) is 5.69 Å². The third-order valence-corrected chi connectivity index (χ3v) is 5.93. The first-order chi connectivity index (χ1) is 14.6. The highest BCUT2D eigenvalue weighted by Gasteiger charge is 2.32. The van der Waals surface area contributed by atoms with Gasteiger partial charge in [-0.1, -0.05) is 30.3 Å². The number of hydrogen-bond donors (Lipinski definition) is 0. The molecule has 0 aromatic heterocycles. The van der Waals surface area contributed by atoms with Gasteiger partial charge in [0.2, 0.25) is 0 Å². The number of amides is 1. The van der Waals surface area contributed by atoms with Gasteiger partial charge in [-0.05, 0) is 65.9 Å². The molecule has 0 spiro atoms. The maximum atomic E-state index is 13.1. The molecule has 1 aliphatic heterocycles. The third-order valence-electron chi connectivity index (χ3n) is 4.93. The number of carbonyl (C=O) groups excluding carboxylic acids is 1. The van der Waals surface area contributed by atoms with E-state index < -0.39 is 0 Å². The minimum Gasteiger partial charge on any atom is -0.497 e. The number of likely N-dealkylation sites (N-methyl/N-ethyl adjacent to an activating group) is 1. The van der Waals surface area contributed by atoms with Crippen LogP contribution < -0.4 is 9.47 Å². The summed E-state index contributed by atoms with van der Waals surface area (Å²) in [5.74, 6) is 1.45. The molecular weight excluding hydrogens is 396 g/mol. The number of amidine groups is 1. The standard InChI is InChI=1S/C24H22N2O3S/c1-4-26-23(27)22(30-24(26)25-17-10-12-18(28-2)13-11-17)15-20-19-8-6-5-7-16(19)9-14-21(20)29-3/h5-15H,4H2,1-3H3/b22-15-,25-24?. The van der Waals surface area contributed by atoms with Crippen LogP contribution in [0.1, 0.15) is 12.5 Å². The Morgan fingerprint density at radius 3 is 2.47 bits per heavy atom. The van der Waals surface area contributed by atoms with Crippen molar-refractivity contribution < 1.29 is 14.3 Å². The smallest absolute Gasteiger partial charge is 0.266 e. The van der Waals surface area contributed by atoms with Crippen LogP contribution in [0.15, 0.2) is 70.6 Å². The predicted molar refractivity (Wildman–Crippen MR) is 124 cm³/mol. The third kappa shape index (κ3) is 3.78. The molecule has 30 heavy (non-hydrogen) atoms. The molecule has 3 aromatic carbocycles. The highest BCUT2D eigenvalue weighted by atomic mass is 32.2. The number of hydrogen-bond acceptors (Lipinski definition) is 5. The molecule has 0 unspecified atom stereocenters. The molecule has 0 aliphatic carbocycles. The van der Waals surface area contributed by atoms with Gasteiger partial charge < -0.3 is 9.47 Å². The van der Waals surface area contributed by atoms with Gasteiger partial charge in [0.05, 0.1) is 24.8 Å². The van der Waals surface area contributed by atoms with Crippen LogP contribution in [0.25, 0.3) is 16.8 Å². The highest BCUT2D eigenvalue weighted by Crippen LogP contribution is 2.37. The lowest BCUT2D eigenvalue weighted by molar-refractivity contribution is -0.122. The molecule has 4 rings (SSSR count). The van der Waals surface area contributed by atoms with E-state index in [4.69, 9.17) is 14.5 Å². The van der Waals surface area contributed by atoms with E-state index >= 15 is 0 Å². The number of nitrogens with zero attached hydrogens (tertiary/aromatic N) is 2. The van der Waals surface area contributed by atoms with E-state index in [1.165, 1.54) is 11.8 Å². The molecule has 1 saturated heterocycles. The van der Waals surface area contributed by atoms with E-state index in [0.29, 0.717) is 16.6 Å². The summed E-state index contributed by atoms with van der Waals surface area (Å²) in [6.07, 6.45) is 1.91. The van der Waals surface area contributed by atoms with Crippen LogP contribution in [0.2, 0.25) is 0 Å². The van der Waals surface area contributed by atoms with Gasteiger partial charge in [0.1, 0.15) is 11.5 Å². The second-order valence-electron chi connectivity index (χ2n) is 6.66. The average Bonchev–Trinajstić information content (AvgIpc) is 3.08. The minimum atomic E-state index is -0.0512. The lowest BCUT2D eigenvalue weighted by atomic mass is 10.0. The van der Waals surface area contributed by atoms with Gasteiger partial charge in [0.25, 0.3) is 5.91 Å². The Hall–Kier alpha value is -3.25. The number of rotatable bonds is 5. The van der Waals surface area contributed by atoms with Crippen molar-refractivity contribution in [3.05, 3.63) is 71.1 Å². The van der Waals surface area contributed by atoms with Gasteiger partial charge in [-0.2, -0.15) is 0 Å². The number of carbonyl (C=O) groups is 1. The first-order valence-electron chi connectivity index (χ1n) is 9.64. The maximum absolute atomic E-state index is 13.1. The molecule has 1 heterocycles. The summed E-state index contributed by atoms with van der Waals surface area (Å²) >= 11 is 1.38. The molecule has 5 nitrogen and oxygen atoms in total. The van der Waals surface area contributed by atoms with Crippen molar-refractivity contribution in [2.24, 2.45) is 4.99 Å². The van der Waals surface area contributed by atoms with Gasteiger partial charge in [0.15, 0.2) is 5.17 Å². The topological polar surface area (TPSA) is 51.1 Å². The first kappa shape index (κ1) is 20.0. The minimum absolute atomic E-state index is 0.0512. The number of aliphatic imine (C=N–C) groups is 1. The van der Waals surface area contributed by atoms with Crippen LogP contribution in [-0.4, -0.2) is 36.7 Å². The summed E-state index contributed by atoms with van der Waals surface area (Å²) in [4.78, 5) is 20.1. The molecule has 0 atom stereocenters. The van der Waals surface area contributed by atoms with E-state index in [2.05, 4.69) is 6.07 Å². The van der Waals surface area contributed by atoms with Gasteiger partial charge in [0, 0.05) is 12.1 Å². The molecule has 1 aliphatic rings. The number of ether oxygens (including phenoxy) is 2. The fraction of sp³-hybridized carbons (Fsp3) is 0.167. The van der Waals surface area contributed by atoms with Crippen LogP contribution in [0.5, 0.6) is 11.5 Å². The van der Waals surface area contributed by atoms with Gasteiger partial charge in [-0.15, -0.1) is 0 Å². The SMILES string of the molecule is CCN1C(=O)/C(=C/c2c(OC)ccc3ccccc23)SC1=Nc1ccc(OC)cc1. The lowest BCUT2D eigenvalue weighted by Gasteiger charge is -2.12. The number of thioether (sulfide) groups is 1. The fourth-order valence-electron chi connectivity index (χ4n) is 3.37. The average molecular weight is 419 g/mol. The Labute approximate surface area is 180 Å². The molecule has 152 valence electrons. The maximum Gasteiger partial charge on any atom is 0.266 e. The number of fused-ring (bicyclic) bond motifs is 1. The van der Waals surface area contributed by atoms with Crippen LogP contribution >= 0.6 is 11.8 Å². The van der Waals surface area contributed by atoms with Crippen molar-refractivity contribution in [1.82, 2.24) is 4.90 Å². The summed E-state index contributed by atoms with van der Waals surface area (Å²) < 4.78 is 10.8.